The van der Waals surface area contributed by atoms with E-state index in [0.717, 1.165) is 30.5 Å². The van der Waals surface area contributed by atoms with E-state index in [1.807, 2.05) is 0 Å². The first-order valence-corrected chi connectivity index (χ1v) is 9.15. The number of rotatable bonds is 5. The number of carbonyl (C=O) groups excluding carboxylic acids is 1. The predicted molar refractivity (Wildman–Crippen MR) is 73.4 cm³/mol. The van der Waals surface area contributed by atoms with E-state index in [-0.39, 0.29) is 5.56 Å². The van der Waals surface area contributed by atoms with Gasteiger partial charge in [0.25, 0.3) is 0 Å². The minimum atomic E-state index is -5.78. The molecule has 1 atom stereocenters. The first-order chi connectivity index (χ1) is 10.2. The molecule has 130 valence electrons. The van der Waals surface area contributed by atoms with Gasteiger partial charge < -0.3 is 4.18 Å². The molecule has 1 aromatic carbocycles. The molecule has 0 spiro atoms. The fourth-order valence-electron chi connectivity index (χ4n) is 1.41. The molecule has 0 unspecified atom stereocenters. The number of hydrogen-bond donors (Lipinski definition) is 1. The summed E-state index contributed by atoms with van der Waals surface area (Å²) in [6.45, 7) is 1.36. The zero-order valence-corrected chi connectivity index (χ0v) is 13.4. The van der Waals surface area contributed by atoms with Crippen LogP contribution in [0.25, 0.3) is 0 Å². The molecule has 0 aromatic heterocycles. The van der Waals surface area contributed by atoms with Crippen LogP contribution in [0.5, 0.6) is 5.75 Å². The van der Waals surface area contributed by atoms with Crippen LogP contribution in [0.3, 0.4) is 0 Å². The van der Waals surface area contributed by atoms with E-state index in [9.17, 15) is 34.8 Å². The molecule has 0 aliphatic rings. The molecular weight excluding hydrogens is 363 g/mol. The van der Waals surface area contributed by atoms with Gasteiger partial charge in [0.15, 0.2) is 0 Å². The molecular formula is C11H12F3NO6S2. The van der Waals surface area contributed by atoms with Crippen LogP contribution in [0.15, 0.2) is 24.3 Å². The summed E-state index contributed by atoms with van der Waals surface area (Å²) in [6.07, 6.45) is 0.788. The predicted octanol–water partition coefficient (Wildman–Crippen LogP) is 1.09. The first kappa shape index (κ1) is 19.2. The Kier molecular flexibility index (Phi) is 5.31. The van der Waals surface area contributed by atoms with Gasteiger partial charge in [0.2, 0.25) is 15.9 Å². The van der Waals surface area contributed by atoms with Crippen LogP contribution in [0.2, 0.25) is 0 Å². The fourth-order valence-corrected chi connectivity index (χ4v) is 2.41. The van der Waals surface area contributed by atoms with Gasteiger partial charge >= 0.3 is 15.6 Å². The highest BCUT2D eigenvalue weighted by Gasteiger charge is 2.48. The van der Waals surface area contributed by atoms with Gasteiger partial charge in [-0.25, -0.2) is 8.42 Å². The molecule has 0 aliphatic carbocycles. The van der Waals surface area contributed by atoms with Gasteiger partial charge in [0.1, 0.15) is 5.75 Å². The van der Waals surface area contributed by atoms with Gasteiger partial charge in [-0.3, -0.25) is 9.52 Å². The topological polar surface area (TPSA) is 107 Å². The smallest absolute Gasteiger partial charge is 0.376 e. The van der Waals surface area contributed by atoms with Crippen molar-refractivity contribution in [3.05, 3.63) is 29.8 Å². The van der Waals surface area contributed by atoms with E-state index in [1.54, 1.807) is 4.72 Å². The largest absolute Gasteiger partial charge is 0.534 e. The molecule has 0 fully saturated rings. The third-order valence-corrected chi connectivity index (χ3v) is 4.10. The molecule has 1 N–H and O–H groups in total. The highest BCUT2D eigenvalue weighted by Crippen LogP contribution is 2.27. The molecule has 12 heteroatoms. The summed E-state index contributed by atoms with van der Waals surface area (Å²) in [4.78, 5) is 11.6. The average molecular weight is 375 g/mol. The van der Waals surface area contributed by atoms with Gasteiger partial charge in [-0.05, 0) is 24.6 Å². The lowest BCUT2D eigenvalue weighted by molar-refractivity contribution is -0.120. The summed E-state index contributed by atoms with van der Waals surface area (Å²) in [7, 11) is -9.54. The summed E-state index contributed by atoms with van der Waals surface area (Å²) in [5.74, 6) is -2.37. The summed E-state index contributed by atoms with van der Waals surface area (Å²) in [5, 5.41) is 0. The van der Waals surface area contributed by atoms with Gasteiger partial charge in [-0.1, -0.05) is 12.1 Å². The van der Waals surface area contributed by atoms with Crippen LogP contribution in [0.1, 0.15) is 18.4 Å². The zero-order valence-electron chi connectivity index (χ0n) is 11.8. The lowest BCUT2D eigenvalue weighted by Gasteiger charge is -2.13. The Morgan fingerprint density at radius 1 is 1.13 bits per heavy atom. The van der Waals surface area contributed by atoms with Gasteiger partial charge in [-0.15, -0.1) is 0 Å². The van der Waals surface area contributed by atoms with Crippen molar-refractivity contribution in [2.24, 2.45) is 0 Å². The zero-order chi connectivity index (χ0) is 18.1. The number of amides is 1. The lowest BCUT2D eigenvalue weighted by atomic mass is 10.0. The highest BCUT2D eigenvalue weighted by molar-refractivity contribution is 7.89. The van der Waals surface area contributed by atoms with E-state index >= 15 is 0 Å². The molecule has 0 aliphatic heterocycles. The molecule has 23 heavy (non-hydrogen) atoms. The molecule has 0 heterocycles. The summed E-state index contributed by atoms with van der Waals surface area (Å²) in [6, 6.07) is 4.13. The van der Waals surface area contributed by atoms with Crippen molar-refractivity contribution < 1.29 is 39.0 Å². The Hall–Kier alpha value is -1.82. The second kappa shape index (κ2) is 6.35. The van der Waals surface area contributed by atoms with Crippen molar-refractivity contribution in [2.45, 2.75) is 18.3 Å². The molecule has 0 radical (unpaired) electrons. The summed E-state index contributed by atoms with van der Waals surface area (Å²) >= 11 is 0. The SMILES string of the molecule is C[C@H](C(=O)NS(C)(=O)=O)c1ccc(OS(=O)(=O)C(F)(F)F)cc1. The monoisotopic (exact) mass is 375 g/mol. The maximum absolute atomic E-state index is 12.2. The lowest BCUT2D eigenvalue weighted by Crippen LogP contribution is -2.32. The Morgan fingerprint density at radius 2 is 1.61 bits per heavy atom. The summed E-state index contributed by atoms with van der Waals surface area (Å²) in [5.41, 5.74) is -5.31. The van der Waals surface area contributed by atoms with E-state index in [2.05, 4.69) is 4.18 Å². The third-order valence-electron chi connectivity index (χ3n) is 2.55. The van der Waals surface area contributed by atoms with Crippen LogP contribution in [-0.4, -0.2) is 34.5 Å². The summed E-state index contributed by atoms with van der Waals surface area (Å²) < 4.78 is 85.7. The van der Waals surface area contributed by atoms with Crippen molar-refractivity contribution in [3.8, 4) is 5.75 Å². The van der Waals surface area contributed by atoms with Gasteiger partial charge in [0.05, 0.1) is 12.2 Å². The maximum atomic E-state index is 12.2. The van der Waals surface area contributed by atoms with Gasteiger partial charge in [-0.2, -0.15) is 21.6 Å². The Labute approximate surface area is 130 Å². The molecule has 1 rings (SSSR count). The van der Waals surface area contributed by atoms with Crippen LogP contribution < -0.4 is 8.91 Å². The Balaban J connectivity index is 2.91. The van der Waals surface area contributed by atoms with Crippen molar-refractivity contribution in [1.82, 2.24) is 4.72 Å². The molecule has 1 amide bonds. The van der Waals surface area contributed by atoms with E-state index in [1.165, 1.54) is 6.92 Å². The number of carbonyl (C=O) groups is 1. The standard InChI is InChI=1S/C11H12F3NO6S2/c1-7(10(16)15-22(2,17)18)8-3-5-9(6-4-8)21-23(19,20)11(12,13)14/h3-7H,1-2H3,(H,15,16)/t7-/m0/s1. The molecule has 1 aromatic rings. The number of halogens is 3. The molecule has 0 saturated carbocycles. The minimum absolute atomic E-state index is 0.253. The fraction of sp³-hybridized carbons (Fsp3) is 0.364. The van der Waals surface area contributed by atoms with Crippen LogP contribution in [-0.2, 0) is 24.9 Å². The van der Waals surface area contributed by atoms with Crippen molar-refractivity contribution in [1.29, 1.82) is 0 Å². The number of benzene rings is 1. The number of hydrogen-bond acceptors (Lipinski definition) is 6. The first-order valence-electron chi connectivity index (χ1n) is 5.85. The van der Waals surface area contributed by atoms with Crippen LogP contribution in [0, 0.1) is 0 Å². The van der Waals surface area contributed by atoms with Crippen molar-refractivity contribution in [2.75, 3.05) is 6.26 Å². The van der Waals surface area contributed by atoms with Crippen molar-refractivity contribution in [3.63, 3.8) is 0 Å². The molecule has 0 bridgehead atoms. The molecule has 0 saturated heterocycles. The van der Waals surface area contributed by atoms with E-state index in [4.69, 9.17) is 0 Å². The quantitative estimate of drug-likeness (QED) is 0.610. The highest BCUT2D eigenvalue weighted by atomic mass is 32.2. The van der Waals surface area contributed by atoms with Crippen molar-refractivity contribution >= 4 is 26.0 Å². The second-order valence-electron chi connectivity index (χ2n) is 4.51. The minimum Gasteiger partial charge on any atom is -0.376 e. The average Bonchev–Trinajstić information content (AvgIpc) is 2.35. The Bertz CT molecular complexity index is 784. The van der Waals surface area contributed by atoms with E-state index in [0.29, 0.717) is 0 Å². The number of nitrogens with one attached hydrogen (secondary N) is 1. The van der Waals surface area contributed by atoms with Crippen LogP contribution >= 0.6 is 0 Å². The number of sulfonamides is 1. The normalized spacial score (nSPS) is 14.1. The Morgan fingerprint density at radius 3 is 2.00 bits per heavy atom. The molecule has 7 nitrogen and oxygen atoms in total. The second-order valence-corrected chi connectivity index (χ2v) is 7.80. The van der Waals surface area contributed by atoms with Gasteiger partial charge in [0, 0.05) is 0 Å². The van der Waals surface area contributed by atoms with E-state index < -0.39 is 43.2 Å². The number of alkyl halides is 3. The third kappa shape index (κ3) is 5.39. The maximum Gasteiger partial charge on any atom is 0.534 e. The van der Waals surface area contributed by atoms with Crippen LogP contribution in [0.4, 0.5) is 13.2 Å².